The normalized spacial score (nSPS) is 19.6. The summed E-state index contributed by atoms with van der Waals surface area (Å²) < 4.78 is 12.5. The summed E-state index contributed by atoms with van der Waals surface area (Å²) in [6, 6.07) is 4.19. The maximum Gasteiger partial charge on any atom is 0.127 e. The van der Waals surface area contributed by atoms with Crippen LogP contribution in [0.4, 0.5) is 0 Å². The fourth-order valence-corrected chi connectivity index (χ4v) is 2.68. The molecule has 4 heteroatoms. The second kappa shape index (κ2) is 5.85. The number of aryl methyl sites for hydroxylation is 1. The van der Waals surface area contributed by atoms with Gasteiger partial charge in [-0.25, -0.2) is 0 Å². The molecule has 1 aliphatic rings. The van der Waals surface area contributed by atoms with Crippen LogP contribution in [0.2, 0.25) is 0 Å². The average Bonchev–Trinajstić information content (AvgIpc) is 2.76. The third-order valence-electron chi connectivity index (χ3n) is 2.86. The van der Waals surface area contributed by atoms with E-state index in [1.807, 2.05) is 7.05 Å². The summed E-state index contributed by atoms with van der Waals surface area (Å²) >= 11 is 3.52. The maximum atomic E-state index is 6.06. The summed E-state index contributed by atoms with van der Waals surface area (Å²) in [6.45, 7) is 4.40. The molecule has 3 nitrogen and oxygen atoms in total. The summed E-state index contributed by atoms with van der Waals surface area (Å²) in [5, 5.41) is 3.17. The van der Waals surface area contributed by atoms with Gasteiger partial charge < -0.3 is 14.8 Å². The van der Waals surface area contributed by atoms with Gasteiger partial charge in [0.15, 0.2) is 0 Å². The smallest absolute Gasteiger partial charge is 0.127 e. The van der Waals surface area contributed by atoms with Crippen molar-refractivity contribution < 1.29 is 9.47 Å². The van der Waals surface area contributed by atoms with Crippen molar-refractivity contribution in [3.05, 3.63) is 27.7 Å². The van der Waals surface area contributed by atoms with Crippen LogP contribution in [0, 0.1) is 6.92 Å². The van der Waals surface area contributed by atoms with Crippen molar-refractivity contribution in [2.24, 2.45) is 0 Å². The van der Waals surface area contributed by atoms with E-state index >= 15 is 0 Å². The zero-order chi connectivity index (χ0) is 12.3. The summed E-state index contributed by atoms with van der Waals surface area (Å²) in [4.78, 5) is 0. The van der Waals surface area contributed by atoms with E-state index in [4.69, 9.17) is 9.47 Å². The zero-order valence-electron chi connectivity index (χ0n) is 10.3. The molecule has 17 heavy (non-hydrogen) atoms. The maximum absolute atomic E-state index is 6.06. The lowest BCUT2D eigenvalue weighted by atomic mass is 10.1. The fourth-order valence-electron chi connectivity index (χ4n) is 2.06. The van der Waals surface area contributed by atoms with Crippen molar-refractivity contribution in [2.75, 3.05) is 20.3 Å². The van der Waals surface area contributed by atoms with Crippen molar-refractivity contribution >= 4 is 15.9 Å². The van der Waals surface area contributed by atoms with Crippen LogP contribution in [0.1, 0.15) is 17.5 Å². The molecule has 0 saturated carbocycles. The molecule has 1 unspecified atom stereocenters. The largest absolute Gasteiger partial charge is 0.487 e. The van der Waals surface area contributed by atoms with Crippen molar-refractivity contribution in [3.8, 4) is 5.75 Å². The van der Waals surface area contributed by atoms with Gasteiger partial charge in [-0.1, -0.05) is 15.9 Å². The quantitative estimate of drug-likeness (QED) is 0.927. The van der Waals surface area contributed by atoms with Crippen LogP contribution in [0.5, 0.6) is 5.75 Å². The third-order valence-corrected chi connectivity index (χ3v) is 3.31. The highest BCUT2D eigenvalue weighted by molar-refractivity contribution is 9.10. The highest BCUT2D eigenvalue weighted by Crippen LogP contribution is 2.30. The van der Waals surface area contributed by atoms with Gasteiger partial charge in [-0.05, 0) is 31.7 Å². The standard InChI is InChI=1S/C13H18BrNO2/c1-9-5-11(14)6-10(7-15-2)13(9)17-12-3-4-16-8-12/h5-6,12,15H,3-4,7-8H2,1-2H3. The van der Waals surface area contributed by atoms with E-state index < -0.39 is 0 Å². The van der Waals surface area contributed by atoms with E-state index in [-0.39, 0.29) is 6.10 Å². The van der Waals surface area contributed by atoms with Crippen LogP contribution >= 0.6 is 15.9 Å². The lowest BCUT2D eigenvalue weighted by Crippen LogP contribution is -2.18. The van der Waals surface area contributed by atoms with Gasteiger partial charge in [0.1, 0.15) is 11.9 Å². The first kappa shape index (κ1) is 12.9. The first-order valence-corrected chi connectivity index (χ1v) is 6.68. The van der Waals surface area contributed by atoms with Gasteiger partial charge >= 0.3 is 0 Å². The minimum absolute atomic E-state index is 0.200. The Hall–Kier alpha value is -0.580. The van der Waals surface area contributed by atoms with Crippen LogP contribution in [-0.2, 0) is 11.3 Å². The Bertz CT molecular complexity index is 389. The summed E-state index contributed by atoms with van der Waals surface area (Å²) in [5.74, 6) is 0.998. The van der Waals surface area contributed by atoms with Crippen LogP contribution in [0.25, 0.3) is 0 Å². The first-order chi connectivity index (χ1) is 8.20. The second-order valence-electron chi connectivity index (χ2n) is 4.34. The molecule has 0 radical (unpaired) electrons. The number of rotatable bonds is 4. The monoisotopic (exact) mass is 299 g/mol. The van der Waals surface area contributed by atoms with Crippen LogP contribution in [-0.4, -0.2) is 26.4 Å². The number of ether oxygens (including phenoxy) is 2. The molecule has 94 valence electrons. The minimum Gasteiger partial charge on any atom is -0.487 e. The van der Waals surface area contributed by atoms with E-state index in [2.05, 4.69) is 40.3 Å². The Morgan fingerprint density at radius 3 is 3.00 bits per heavy atom. The fraction of sp³-hybridized carbons (Fsp3) is 0.538. The second-order valence-corrected chi connectivity index (χ2v) is 5.26. The number of benzene rings is 1. The number of nitrogens with one attached hydrogen (secondary N) is 1. The summed E-state index contributed by atoms with van der Waals surface area (Å²) in [7, 11) is 1.94. The van der Waals surface area contributed by atoms with Gasteiger partial charge in [0.05, 0.1) is 13.2 Å². The Balaban J connectivity index is 2.22. The molecule has 1 saturated heterocycles. The molecule has 0 aromatic heterocycles. The SMILES string of the molecule is CNCc1cc(Br)cc(C)c1OC1CCOC1. The summed E-state index contributed by atoms with van der Waals surface area (Å²) in [6.07, 6.45) is 1.18. The van der Waals surface area contributed by atoms with Crippen LogP contribution in [0.3, 0.4) is 0 Å². The number of hydrogen-bond acceptors (Lipinski definition) is 3. The predicted molar refractivity (Wildman–Crippen MR) is 71.5 cm³/mol. The van der Waals surface area contributed by atoms with E-state index in [1.165, 1.54) is 5.56 Å². The van der Waals surface area contributed by atoms with Gasteiger partial charge in [0.2, 0.25) is 0 Å². The molecule has 1 fully saturated rings. The first-order valence-electron chi connectivity index (χ1n) is 5.88. The summed E-state index contributed by atoms with van der Waals surface area (Å²) in [5.41, 5.74) is 2.35. The molecular weight excluding hydrogens is 282 g/mol. The minimum atomic E-state index is 0.200. The Morgan fingerprint density at radius 1 is 1.53 bits per heavy atom. The molecule has 1 aliphatic heterocycles. The van der Waals surface area contributed by atoms with Crippen molar-refractivity contribution in [1.29, 1.82) is 0 Å². The van der Waals surface area contributed by atoms with E-state index in [9.17, 15) is 0 Å². The molecule has 0 spiro atoms. The average molecular weight is 300 g/mol. The molecule has 1 heterocycles. The van der Waals surface area contributed by atoms with E-state index in [0.29, 0.717) is 6.61 Å². The molecular formula is C13H18BrNO2. The van der Waals surface area contributed by atoms with Gasteiger partial charge in [-0.2, -0.15) is 0 Å². The highest BCUT2D eigenvalue weighted by Gasteiger charge is 2.19. The molecule has 2 rings (SSSR count). The van der Waals surface area contributed by atoms with Gasteiger partial charge in [0, 0.05) is 23.0 Å². The lowest BCUT2D eigenvalue weighted by molar-refractivity contribution is 0.140. The number of halogens is 1. The highest BCUT2D eigenvalue weighted by atomic mass is 79.9. The van der Waals surface area contributed by atoms with Crippen molar-refractivity contribution in [2.45, 2.75) is 26.0 Å². The third kappa shape index (κ3) is 3.21. The topological polar surface area (TPSA) is 30.5 Å². The molecule has 1 aromatic rings. The Labute approximate surface area is 111 Å². The van der Waals surface area contributed by atoms with Gasteiger partial charge in [-0.15, -0.1) is 0 Å². The van der Waals surface area contributed by atoms with Crippen LogP contribution in [0.15, 0.2) is 16.6 Å². The Kier molecular flexibility index (Phi) is 4.42. The van der Waals surface area contributed by atoms with E-state index in [1.54, 1.807) is 0 Å². The molecule has 1 atom stereocenters. The molecule has 1 aromatic carbocycles. The van der Waals surface area contributed by atoms with Gasteiger partial charge in [-0.3, -0.25) is 0 Å². The van der Waals surface area contributed by atoms with Crippen molar-refractivity contribution in [3.63, 3.8) is 0 Å². The zero-order valence-corrected chi connectivity index (χ0v) is 11.8. The predicted octanol–water partition coefficient (Wildman–Crippen LogP) is 2.64. The Morgan fingerprint density at radius 2 is 2.35 bits per heavy atom. The molecule has 0 aliphatic carbocycles. The molecule has 0 amide bonds. The van der Waals surface area contributed by atoms with Crippen LogP contribution < -0.4 is 10.1 Å². The van der Waals surface area contributed by atoms with E-state index in [0.717, 1.165) is 35.4 Å². The lowest BCUT2D eigenvalue weighted by Gasteiger charge is -2.18. The molecule has 1 N–H and O–H groups in total. The number of hydrogen-bond donors (Lipinski definition) is 1. The molecule has 0 bridgehead atoms. The van der Waals surface area contributed by atoms with Crippen molar-refractivity contribution in [1.82, 2.24) is 5.32 Å². The van der Waals surface area contributed by atoms with Gasteiger partial charge in [0.25, 0.3) is 0 Å².